The van der Waals surface area contributed by atoms with Crippen LogP contribution in [0.15, 0.2) is 30.3 Å². The van der Waals surface area contributed by atoms with Crippen LogP contribution in [0.2, 0.25) is 0 Å². The molecule has 0 aromatic heterocycles. The van der Waals surface area contributed by atoms with Crippen LogP contribution >= 0.6 is 12.2 Å². The normalized spacial score (nSPS) is 24.5. The molecule has 1 aromatic carbocycles. The van der Waals surface area contributed by atoms with Gasteiger partial charge >= 0.3 is 0 Å². The Morgan fingerprint density at radius 1 is 1.32 bits per heavy atom. The van der Waals surface area contributed by atoms with Gasteiger partial charge in [-0.1, -0.05) is 18.2 Å². The van der Waals surface area contributed by atoms with Crippen LogP contribution in [-0.2, 0) is 4.74 Å². The maximum Gasteiger partial charge on any atom is 0.175 e. The van der Waals surface area contributed by atoms with Crippen molar-refractivity contribution >= 4 is 23.0 Å². The van der Waals surface area contributed by atoms with E-state index in [0.717, 1.165) is 37.3 Å². The van der Waals surface area contributed by atoms with Crippen molar-refractivity contribution in [1.29, 1.82) is 0 Å². The second-order valence-corrected chi connectivity index (χ2v) is 5.42. The largest absolute Gasteiger partial charge is 0.377 e. The Morgan fingerprint density at radius 3 is 2.89 bits per heavy atom. The Kier molecular flexibility index (Phi) is 3.96. The van der Waals surface area contributed by atoms with Gasteiger partial charge in [0.05, 0.1) is 19.4 Å². The molecule has 0 spiro atoms. The van der Waals surface area contributed by atoms with Gasteiger partial charge in [0.15, 0.2) is 5.11 Å². The van der Waals surface area contributed by atoms with Gasteiger partial charge in [0.2, 0.25) is 0 Å². The molecule has 1 aromatic rings. The summed E-state index contributed by atoms with van der Waals surface area (Å²) in [6.07, 6.45) is 2.74. The monoisotopic (exact) mass is 277 g/mol. The Bertz CT molecular complexity index is 434. The molecule has 0 aliphatic carbocycles. The Morgan fingerprint density at radius 2 is 2.16 bits per heavy atom. The smallest absolute Gasteiger partial charge is 0.175 e. The number of nitrogens with one attached hydrogen (secondary N) is 1. The summed E-state index contributed by atoms with van der Waals surface area (Å²) < 4.78 is 5.70. The first-order valence-electron chi connectivity index (χ1n) is 6.77. The molecule has 0 saturated carbocycles. The van der Waals surface area contributed by atoms with Crippen molar-refractivity contribution in [3.63, 3.8) is 0 Å². The van der Waals surface area contributed by atoms with E-state index in [9.17, 15) is 0 Å². The van der Waals surface area contributed by atoms with Crippen molar-refractivity contribution in [1.82, 2.24) is 10.2 Å². The van der Waals surface area contributed by atoms with Gasteiger partial charge in [-0.3, -0.25) is 4.90 Å². The van der Waals surface area contributed by atoms with Gasteiger partial charge in [-0.2, -0.15) is 0 Å². The number of ether oxygens (including phenoxy) is 1. The summed E-state index contributed by atoms with van der Waals surface area (Å²) in [5, 5.41) is 4.08. The lowest BCUT2D eigenvalue weighted by Crippen LogP contribution is -2.57. The van der Waals surface area contributed by atoms with E-state index in [0.29, 0.717) is 6.10 Å². The van der Waals surface area contributed by atoms with E-state index in [4.69, 9.17) is 17.0 Å². The van der Waals surface area contributed by atoms with Crippen LogP contribution in [0.1, 0.15) is 12.8 Å². The minimum absolute atomic E-state index is 0.381. The molecule has 3 rings (SSSR count). The molecule has 19 heavy (non-hydrogen) atoms. The maximum absolute atomic E-state index is 5.70. The van der Waals surface area contributed by atoms with Crippen LogP contribution in [0.3, 0.4) is 0 Å². The summed E-state index contributed by atoms with van der Waals surface area (Å²) in [6, 6.07) is 10.3. The van der Waals surface area contributed by atoms with Gasteiger partial charge in [0.25, 0.3) is 0 Å². The lowest BCUT2D eigenvalue weighted by atomic mass is 10.2. The van der Waals surface area contributed by atoms with Crippen molar-refractivity contribution in [2.24, 2.45) is 0 Å². The van der Waals surface area contributed by atoms with Gasteiger partial charge in [0, 0.05) is 18.8 Å². The summed E-state index contributed by atoms with van der Waals surface area (Å²) in [5.74, 6) is 0. The third kappa shape index (κ3) is 3.05. The Hall–Kier alpha value is -1.17. The number of para-hydroxylation sites is 1. The average molecular weight is 277 g/mol. The van der Waals surface area contributed by atoms with E-state index in [-0.39, 0.29) is 0 Å². The zero-order chi connectivity index (χ0) is 13.1. The molecule has 4 nitrogen and oxygen atoms in total. The van der Waals surface area contributed by atoms with Crippen molar-refractivity contribution in [3.05, 3.63) is 30.3 Å². The van der Waals surface area contributed by atoms with E-state index in [1.54, 1.807) is 0 Å². The topological polar surface area (TPSA) is 27.7 Å². The molecule has 2 heterocycles. The molecule has 0 bridgehead atoms. The highest BCUT2D eigenvalue weighted by atomic mass is 32.1. The van der Waals surface area contributed by atoms with Crippen LogP contribution in [0.5, 0.6) is 0 Å². The first-order valence-corrected chi connectivity index (χ1v) is 7.18. The summed E-state index contributed by atoms with van der Waals surface area (Å²) in [6.45, 7) is 3.52. The van der Waals surface area contributed by atoms with E-state index in [2.05, 4.69) is 27.2 Å². The Balaban J connectivity index is 1.65. The number of nitrogens with zero attached hydrogens (tertiary/aromatic N) is 2. The first-order chi connectivity index (χ1) is 9.33. The SMILES string of the molecule is S=C1NCN(CC2CCCO2)CN1c1ccccc1. The summed E-state index contributed by atoms with van der Waals surface area (Å²) in [7, 11) is 0. The number of benzene rings is 1. The first kappa shape index (κ1) is 12.8. The number of hydrogen-bond acceptors (Lipinski definition) is 3. The lowest BCUT2D eigenvalue weighted by molar-refractivity contribution is 0.0710. The van der Waals surface area contributed by atoms with Gasteiger partial charge in [-0.05, 0) is 37.2 Å². The molecule has 2 aliphatic heterocycles. The lowest BCUT2D eigenvalue weighted by Gasteiger charge is -2.38. The van der Waals surface area contributed by atoms with Gasteiger partial charge < -0.3 is 15.0 Å². The van der Waals surface area contributed by atoms with Crippen molar-refractivity contribution in [3.8, 4) is 0 Å². The molecule has 0 radical (unpaired) electrons. The van der Waals surface area contributed by atoms with Crippen LogP contribution < -0.4 is 10.2 Å². The molecule has 5 heteroatoms. The number of hydrogen-bond donors (Lipinski definition) is 1. The molecule has 1 atom stereocenters. The number of anilines is 1. The highest BCUT2D eigenvalue weighted by Crippen LogP contribution is 2.18. The van der Waals surface area contributed by atoms with E-state index >= 15 is 0 Å². The third-order valence-electron chi connectivity index (χ3n) is 3.59. The molecule has 2 fully saturated rings. The quantitative estimate of drug-likeness (QED) is 0.850. The van der Waals surface area contributed by atoms with Crippen molar-refractivity contribution < 1.29 is 4.74 Å². The van der Waals surface area contributed by atoms with E-state index in [1.807, 2.05) is 18.2 Å². The molecule has 0 amide bonds. The minimum atomic E-state index is 0.381. The fourth-order valence-corrected chi connectivity index (χ4v) is 2.82. The predicted molar refractivity (Wildman–Crippen MR) is 80.1 cm³/mol. The molecule has 1 N–H and O–H groups in total. The van der Waals surface area contributed by atoms with Crippen LogP contribution in [0.25, 0.3) is 0 Å². The summed E-state index contributed by atoms with van der Waals surface area (Å²) in [4.78, 5) is 4.48. The fraction of sp³-hybridized carbons (Fsp3) is 0.500. The molecule has 2 aliphatic rings. The third-order valence-corrected chi connectivity index (χ3v) is 3.96. The summed E-state index contributed by atoms with van der Waals surface area (Å²) >= 11 is 5.40. The van der Waals surface area contributed by atoms with E-state index < -0.39 is 0 Å². The molecular formula is C14H19N3OS. The molecule has 1 unspecified atom stereocenters. The highest BCUT2D eigenvalue weighted by molar-refractivity contribution is 7.80. The Labute approximate surface area is 119 Å². The van der Waals surface area contributed by atoms with Gasteiger partial charge in [-0.15, -0.1) is 0 Å². The zero-order valence-corrected chi connectivity index (χ0v) is 11.7. The second-order valence-electron chi connectivity index (χ2n) is 5.03. The van der Waals surface area contributed by atoms with Gasteiger partial charge in [0.1, 0.15) is 0 Å². The number of rotatable bonds is 3. The predicted octanol–water partition coefficient (Wildman–Crippen LogP) is 1.78. The average Bonchev–Trinajstić information content (AvgIpc) is 2.95. The minimum Gasteiger partial charge on any atom is -0.377 e. The van der Waals surface area contributed by atoms with Crippen LogP contribution in [-0.4, -0.2) is 42.6 Å². The van der Waals surface area contributed by atoms with Crippen molar-refractivity contribution in [2.75, 3.05) is 31.4 Å². The van der Waals surface area contributed by atoms with Gasteiger partial charge in [-0.25, -0.2) is 0 Å². The van der Waals surface area contributed by atoms with Crippen LogP contribution in [0.4, 0.5) is 5.69 Å². The second kappa shape index (κ2) is 5.86. The molecule has 2 saturated heterocycles. The van der Waals surface area contributed by atoms with Crippen molar-refractivity contribution in [2.45, 2.75) is 18.9 Å². The highest BCUT2D eigenvalue weighted by Gasteiger charge is 2.25. The fourth-order valence-electron chi connectivity index (χ4n) is 2.59. The molecule has 102 valence electrons. The van der Waals surface area contributed by atoms with E-state index in [1.165, 1.54) is 12.8 Å². The van der Waals surface area contributed by atoms with Crippen LogP contribution in [0, 0.1) is 0 Å². The zero-order valence-electron chi connectivity index (χ0n) is 10.9. The molecular weight excluding hydrogens is 258 g/mol. The standard InChI is InChI=1S/C14H19N3OS/c19-14-15-10-16(9-13-7-4-8-18-13)11-17(14)12-5-2-1-3-6-12/h1-3,5-6,13H,4,7-11H2,(H,15,19). The number of thiocarbonyl (C=S) groups is 1. The summed E-state index contributed by atoms with van der Waals surface area (Å²) in [5.41, 5.74) is 1.14. The maximum atomic E-state index is 5.70.